The first-order valence-electron chi connectivity index (χ1n) is 9.99. The highest BCUT2D eigenvalue weighted by Gasteiger charge is 2.23. The normalized spacial score (nSPS) is 16.4. The zero-order valence-electron chi connectivity index (χ0n) is 18.5. The van der Waals surface area contributed by atoms with Gasteiger partial charge in [-0.2, -0.15) is 0 Å². The molecule has 0 rings (SSSR count). The van der Waals surface area contributed by atoms with Crippen LogP contribution in [0.1, 0.15) is 27.2 Å². The molecule has 176 valence electrons. The summed E-state index contributed by atoms with van der Waals surface area (Å²) in [5.74, 6) is 0. The number of likely N-dealkylation sites (N-methyl/N-ethyl adjacent to an activating group) is 1. The fourth-order valence-corrected chi connectivity index (χ4v) is 5.85. The van der Waals surface area contributed by atoms with Gasteiger partial charge in [0.1, 0.15) is 6.29 Å². The predicted molar refractivity (Wildman–Crippen MR) is 119 cm³/mol. The van der Waals surface area contributed by atoms with Crippen LogP contribution in [0.15, 0.2) is 0 Å². The maximum absolute atomic E-state index is 12.1. The summed E-state index contributed by atoms with van der Waals surface area (Å²) in [4.78, 5) is 15.7. The number of rotatable bonds is 19. The Morgan fingerprint density at radius 1 is 0.931 bits per heavy atom. The maximum Gasteiger partial charge on any atom is 0.341 e. The summed E-state index contributed by atoms with van der Waals surface area (Å²) in [6.45, 7) is 9.22. The summed E-state index contributed by atoms with van der Waals surface area (Å²) in [6.07, 6.45) is 1.53. The third kappa shape index (κ3) is 15.8. The minimum atomic E-state index is -3.63. The fourth-order valence-electron chi connectivity index (χ4n) is 2.69. The van der Waals surface area contributed by atoms with Crippen molar-refractivity contribution >= 4 is 23.7 Å². The molecule has 0 radical (unpaired) electrons. The first kappa shape index (κ1) is 29.4. The first-order valence-corrected chi connectivity index (χ1v) is 14.8. The van der Waals surface area contributed by atoms with Gasteiger partial charge in [0.05, 0.1) is 25.8 Å². The molecule has 10 nitrogen and oxygen atoms in total. The predicted octanol–water partition coefficient (Wildman–Crippen LogP) is 2.66. The van der Waals surface area contributed by atoms with Crippen molar-refractivity contribution < 1.29 is 32.2 Å². The van der Waals surface area contributed by atoms with Gasteiger partial charge in [0, 0.05) is 20.2 Å². The van der Waals surface area contributed by atoms with Crippen molar-refractivity contribution in [3.63, 3.8) is 0 Å². The second-order valence-corrected chi connectivity index (χ2v) is 11.3. The Bertz CT molecular complexity index is 528. The Labute approximate surface area is 177 Å². The molecular weight excluding hydrogens is 439 g/mol. The lowest BCUT2D eigenvalue weighted by Gasteiger charge is -2.28. The lowest BCUT2D eigenvalue weighted by atomic mass is 10.3. The van der Waals surface area contributed by atoms with Gasteiger partial charge < -0.3 is 18.5 Å². The molecule has 0 spiro atoms. The average molecular weight is 479 g/mol. The third-order valence-electron chi connectivity index (χ3n) is 4.19. The molecular formula is C16H40N3O7P3. The molecule has 3 atom stereocenters. The van der Waals surface area contributed by atoms with Crippen molar-refractivity contribution in [1.82, 2.24) is 14.7 Å². The van der Waals surface area contributed by atoms with E-state index in [0.717, 1.165) is 13.0 Å². The smallest absolute Gasteiger partial charge is 0.333 e. The van der Waals surface area contributed by atoms with E-state index in [1.54, 1.807) is 6.92 Å². The lowest BCUT2D eigenvalue weighted by molar-refractivity contribution is 0.207. The summed E-state index contributed by atoms with van der Waals surface area (Å²) in [5.41, 5.74) is 0. The van der Waals surface area contributed by atoms with Crippen molar-refractivity contribution in [1.29, 1.82) is 0 Å². The number of hydrogen-bond acceptors (Lipinski definition) is 9. The minimum absolute atomic E-state index is 0.0279. The summed E-state index contributed by atoms with van der Waals surface area (Å²) >= 11 is 0. The maximum atomic E-state index is 12.1. The van der Waals surface area contributed by atoms with Crippen LogP contribution in [0, 0.1) is 0 Å². The van der Waals surface area contributed by atoms with Gasteiger partial charge in [-0.1, -0.05) is 6.92 Å². The zero-order valence-corrected chi connectivity index (χ0v) is 21.4. The van der Waals surface area contributed by atoms with Crippen LogP contribution in [-0.2, 0) is 27.3 Å². The summed E-state index contributed by atoms with van der Waals surface area (Å²) in [6, 6.07) is 0. The molecule has 0 bridgehead atoms. The van der Waals surface area contributed by atoms with E-state index in [2.05, 4.69) is 4.90 Å². The van der Waals surface area contributed by atoms with Gasteiger partial charge in [-0.05, 0) is 47.0 Å². The summed E-state index contributed by atoms with van der Waals surface area (Å²) in [5, 5.41) is 0. The molecule has 1 N–H and O–H groups in total. The van der Waals surface area contributed by atoms with Crippen molar-refractivity contribution in [2.75, 3.05) is 79.0 Å². The lowest BCUT2D eigenvalue weighted by Crippen LogP contribution is -2.37. The average Bonchev–Trinajstić information content (AvgIpc) is 2.64. The highest BCUT2D eigenvalue weighted by atomic mass is 31.2. The molecule has 13 heteroatoms. The van der Waals surface area contributed by atoms with Gasteiger partial charge in [-0.25, -0.2) is 0 Å². The van der Waals surface area contributed by atoms with E-state index >= 15 is 0 Å². The van der Waals surface area contributed by atoms with Crippen LogP contribution >= 0.6 is 23.7 Å². The van der Waals surface area contributed by atoms with Crippen LogP contribution in [0.3, 0.4) is 0 Å². The molecule has 3 unspecified atom stereocenters. The molecule has 0 aromatic rings. The van der Waals surface area contributed by atoms with Gasteiger partial charge in [0.25, 0.3) is 0 Å². The molecule has 29 heavy (non-hydrogen) atoms. The van der Waals surface area contributed by atoms with Crippen LogP contribution in [-0.4, -0.2) is 98.5 Å². The Morgan fingerprint density at radius 3 is 2.14 bits per heavy atom. The van der Waals surface area contributed by atoms with Crippen LogP contribution in [0.25, 0.3) is 0 Å². The molecule has 0 aromatic carbocycles. The molecule has 0 aliphatic carbocycles. The Morgan fingerprint density at radius 2 is 1.59 bits per heavy atom. The quantitative estimate of drug-likeness (QED) is 0.278. The molecule has 0 amide bonds. The Kier molecular flexibility index (Phi) is 17.3. The number of hydrogen-bond donors (Lipinski definition) is 1. The standard InChI is InChI=1S/C16H40N3O7P3/c1-6-18(16-29(22,23)26-8-3)12-13-19(15-28(21)25-7-2)11-9-10-17(4)14-27(20)24-5/h27-28H,6-16H2,1-5H3,(H,22,23). The molecule has 0 aromatic heterocycles. The third-order valence-corrected chi connectivity index (χ3v) is 8.18. The summed E-state index contributed by atoms with van der Waals surface area (Å²) < 4.78 is 50.7. The minimum Gasteiger partial charge on any atom is -0.333 e. The Balaban J connectivity index is 4.67. The van der Waals surface area contributed by atoms with Crippen LogP contribution < -0.4 is 0 Å². The summed E-state index contributed by atoms with van der Waals surface area (Å²) in [7, 11) is -4.48. The van der Waals surface area contributed by atoms with Crippen molar-refractivity contribution in [2.24, 2.45) is 0 Å². The Hall–Kier alpha value is 0.410. The van der Waals surface area contributed by atoms with Crippen LogP contribution in [0.2, 0.25) is 0 Å². The van der Waals surface area contributed by atoms with E-state index in [0.29, 0.717) is 45.4 Å². The van der Waals surface area contributed by atoms with E-state index in [1.165, 1.54) is 7.11 Å². The van der Waals surface area contributed by atoms with Crippen LogP contribution in [0.5, 0.6) is 0 Å². The van der Waals surface area contributed by atoms with E-state index in [-0.39, 0.29) is 12.9 Å². The van der Waals surface area contributed by atoms with E-state index < -0.39 is 23.7 Å². The highest BCUT2D eigenvalue weighted by molar-refractivity contribution is 7.52. The molecule has 0 aliphatic heterocycles. The van der Waals surface area contributed by atoms with Crippen molar-refractivity contribution in [3.05, 3.63) is 0 Å². The van der Waals surface area contributed by atoms with E-state index in [9.17, 15) is 18.6 Å². The van der Waals surface area contributed by atoms with E-state index in [1.807, 2.05) is 30.7 Å². The topological polar surface area (TPSA) is 109 Å². The molecule has 0 saturated heterocycles. The largest absolute Gasteiger partial charge is 0.341 e. The van der Waals surface area contributed by atoms with Crippen LogP contribution in [0.4, 0.5) is 0 Å². The van der Waals surface area contributed by atoms with Gasteiger partial charge in [-0.3, -0.25) is 28.4 Å². The molecule has 0 saturated carbocycles. The SMILES string of the molecule is CCO[PH](=O)CN(CCCN(C)C[PH](=O)OC)CCN(CC)CP(=O)(O)OCC. The zero-order chi connectivity index (χ0) is 22.3. The molecule has 0 fully saturated rings. The van der Waals surface area contributed by atoms with Gasteiger partial charge in [0.2, 0.25) is 16.1 Å². The first-order chi connectivity index (χ1) is 13.7. The highest BCUT2D eigenvalue weighted by Crippen LogP contribution is 2.42. The monoisotopic (exact) mass is 479 g/mol. The second kappa shape index (κ2) is 17.0. The van der Waals surface area contributed by atoms with E-state index in [4.69, 9.17) is 13.6 Å². The molecule has 0 heterocycles. The van der Waals surface area contributed by atoms with Gasteiger partial charge in [0.15, 0.2) is 0 Å². The molecule has 0 aliphatic rings. The fraction of sp³-hybridized carbons (Fsp3) is 1.00. The van der Waals surface area contributed by atoms with Gasteiger partial charge >= 0.3 is 7.60 Å². The second-order valence-electron chi connectivity index (χ2n) is 6.66. The van der Waals surface area contributed by atoms with Gasteiger partial charge in [-0.15, -0.1) is 0 Å². The van der Waals surface area contributed by atoms with Crippen molar-refractivity contribution in [3.8, 4) is 0 Å². The van der Waals surface area contributed by atoms with Crippen molar-refractivity contribution in [2.45, 2.75) is 27.2 Å². The number of nitrogens with zero attached hydrogens (tertiary/aromatic N) is 3.